The SMILES string of the molecule is Cc1ccc(NC(=O)c2cc(C(F)F)nc(C3CC3)n2)cc1C. The molecule has 0 radical (unpaired) electrons. The zero-order chi connectivity index (χ0) is 16.6. The first kappa shape index (κ1) is 15.5. The van der Waals surface area contributed by atoms with Gasteiger partial charge in [0.2, 0.25) is 0 Å². The number of amides is 1. The van der Waals surface area contributed by atoms with Crippen molar-refractivity contribution in [1.82, 2.24) is 9.97 Å². The van der Waals surface area contributed by atoms with Crippen molar-refractivity contribution >= 4 is 11.6 Å². The van der Waals surface area contributed by atoms with E-state index in [1.807, 2.05) is 26.0 Å². The van der Waals surface area contributed by atoms with Gasteiger partial charge in [-0.05, 0) is 56.0 Å². The first-order chi connectivity index (χ1) is 10.9. The van der Waals surface area contributed by atoms with E-state index >= 15 is 0 Å². The van der Waals surface area contributed by atoms with Crippen LogP contribution in [0.3, 0.4) is 0 Å². The molecule has 0 atom stereocenters. The van der Waals surface area contributed by atoms with Crippen LogP contribution in [0.15, 0.2) is 24.3 Å². The van der Waals surface area contributed by atoms with Crippen LogP contribution in [-0.2, 0) is 0 Å². The molecule has 0 aliphatic heterocycles. The molecule has 1 aromatic carbocycles. The van der Waals surface area contributed by atoms with Gasteiger partial charge in [-0.3, -0.25) is 4.79 Å². The van der Waals surface area contributed by atoms with Crippen LogP contribution in [0.1, 0.15) is 58.3 Å². The first-order valence-electron chi connectivity index (χ1n) is 7.49. The topological polar surface area (TPSA) is 54.9 Å². The van der Waals surface area contributed by atoms with Crippen LogP contribution in [0.5, 0.6) is 0 Å². The quantitative estimate of drug-likeness (QED) is 0.921. The maximum Gasteiger partial charge on any atom is 0.280 e. The Bertz CT molecular complexity index is 737. The highest BCUT2D eigenvalue weighted by atomic mass is 19.3. The lowest BCUT2D eigenvalue weighted by molar-refractivity contribution is 0.102. The molecule has 1 fully saturated rings. The number of aromatic nitrogens is 2. The average molecular weight is 317 g/mol. The highest BCUT2D eigenvalue weighted by molar-refractivity contribution is 6.03. The van der Waals surface area contributed by atoms with E-state index in [1.54, 1.807) is 6.07 Å². The summed E-state index contributed by atoms with van der Waals surface area (Å²) >= 11 is 0. The lowest BCUT2D eigenvalue weighted by atomic mass is 10.1. The lowest BCUT2D eigenvalue weighted by Gasteiger charge is -2.09. The molecule has 0 unspecified atom stereocenters. The van der Waals surface area contributed by atoms with Gasteiger partial charge in [-0.1, -0.05) is 6.07 Å². The third kappa shape index (κ3) is 3.52. The number of rotatable bonds is 4. The van der Waals surface area contributed by atoms with Crippen molar-refractivity contribution in [1.29, 1.82) is 0 Å². The third-order valence-electron chi connectivity index (χ3n) is 3.93. The summed E-state index contributed by atoms with van der Waals surface area (Å²) in [4.78, 5) is 20.4. The van der Waals surface area contributed by atoms with Gasteiger partial charge in [0.1, 0.15) is 17.2 Å². The number of benzene rings is 1. The minimum absolute atomic E-state index is 0.0181. The molecule has 1 saturated carbocycles. The average Bonchev–Trinajstić information content (AvgIpc) is 3.35. The van der Waals surface area contributed by atoms with Crippen LogP contribution in [-0.4, -0.2) is 15.9 Å². The Kier molecular flexibility index (Phi) is 4.07. The molecule has 0 bridgehead atoms. The summed E-state index contributed by atoms with van der Waals surface area (Å²) in [5, 5.41) is 2.70. The molecule has 1 heterocycles. The van der Waals surface area contributed by atoms with Gasteiger partial charge in [-0.15, -0.1) is 0 Å². The molecule has 1 amide bonds. The molecule has 1 N–H and O–H groups in total. The molecular formula is C17H17F2N3O. The Hall–Kier alpha value is -2.37. The number of hydrogen-bond acceptors (Lipinski definition) is 3. The van der Waals surface area contributed by atoms with Crippen LogP contribution in [0, 0.1) is 13.8 Å². The van der Waals surface area contributed by atoms with Crippen molar-refractivity contribution in [3.05, 3.63) is 52.6 Å². The van der Waals surface area contributed by atoms with Gasteiger partial charge in [0.05, 0.1) is 0 Å². The second-order valence-corrected chi connectivity index (χ2v) is 5.86. The predicted octanol–water partition coefficient (Wildman–Crippen LogP) is 4.16. The summed E-state index contributed by atoms with van der Waals surface area (Å²) in [5.41, 5.74) is 2.35. The largest absolute Gasteiger partial charge is 0.321 e. The third-order valence-corrected chi connectivity index (χ3v) is 3.93. The monoisotopic (exact) mass is 317 g/mol. The van der Waals surface area contributed by atoms with Gasteiger partial charge in [0.25, 0.3) is 12.3 Å². The lowest BCUT2D eigenvalue weighted by Crippen LogP contribution is -2.16. The van der Waals surface area contributed by atoms with Crippen LogP contribution < -0.4 is 5.32 Å². The van der Waals surface area contributed by atoms with Crippen LogP contribution in [0.2, 0.25) is 0 Å². The smallest absolute Gasteiger partial charge is 0.280 e. The van der Waals surface area contributed by atoms with Gasteiger partial charge in [0, 0.05) is 11.6 Å². The molecule has 1 aliphatic carbocycles. The van der Waals surface area contributed by atoms with Gasteiger partial charge in [0.15, 0.2) is 0 Å². The normalized spacial score (nSPS) is 14.1. The fourth-order valence-electron chi connectivity index (χ4n) is 2.25. The molecule has 23 heavy (non-hydrogen) atoms. The summed E-state index contributed by atoms with van der Waals surface area (Å²) in [6, 6.07) is 6.57. The predicted molar refractivity (Wildman–Crippen MR) is 82.8 cm³/mol. The number of carbonyl (C=O) groups excluding carboxylic acids is 1. The number of carbonyl (C=O) groups is 1. The second-order valence-electron chi connectivity index (χ2n) is 5.86. The molecule has 6 heteroatoms. The van der Waals surface area contributed by atoms with Crippen molar-refractivity contribution < 1.29 is 13.6 Å². The van der Waals surface area contributed by atoms with Crippen molar-refractivity contribution in [3.63, 3.8) is 0 Å². The zero-order valence-corrected chi connectivity index (χ0v) is 12.9. The van der Waals surface area contributed by atoms with E-state index in [9.17, 15) is 13.6 Å². The Balaban J connectivity index is 1.87. The van der Waals surface area contributed by atoms with Gasteiger partial charge in [-0.25, -0.2) is 18.7 Å². The fourth-order valence-corrected chi connectivity index (χ4v) is 2.25. The van der Waals surface area contributed by atoms with E-state index < -0.39 is 18.0 Å². The number of nitrogens with zero attached hydrogens (tertiary/aromatic N) is 2. The molecular weight excluding hydrogens is 300 g/mol. The van der Waals surface area contributed by atoms with E-state index in [4.69, 9.17) is 0 Å². The summed E-state index contributed by atoms with van der Waals surface area (Å²) in [7, 11) is 0. The molecule has 3 rings (SSSR count). The zero-order valence-electron chi connectivity index (χ0n) is 12.9. The Morgan fingerprint density at radius 3 is 2.52 bits per heavy atom. The molecule has 0 spiro atoms. The van der Waals surface area contributed by atoms with E-state index in [-0.39, 0.29) is 11.6 Å². The number of aryl methyl sites for hydroxylation is 2. The van der Waals surface area contributed by atoms with Crippen LogP contribution in [0.4, 0.5) is 14.5 Å². The van der Waals surface area contributed by atoms with E-state index in [2.05, 4.69) is 15.3 Å². The molecule has 2 aromatic rings. The summed E-state index contributed by atoms with van der Waals surface area (Å²) in [6.45, 7) is 3.91. The second kappa shape index (κ2) is 6.02. The maximum atomic E-state index is 13.0. The Morgan fingerprint density at radius 1 is 1.17 bits per heavy atom. The van der Waals surface area contributed by atoms with Crippen molar-refractivity contribution in [2.45, 2.75) is 39.0 Å². The summed E-state index contributed by atoms with van der Waals surface area (Å²) in [5.74, 6) is -0.0608. The summed E-state index contributed by atoms with van der Waals surface area (Å²) < 4.78 is 26.0. The van der Waals surface area contributed by atoms with Crippen LogP contribution in [0.25, 0.3) is 0 Å². The van der Waals surface area contributed by atoms with E-state index in [1.165, 1.54) is 0 Å². The molecule has 4 nitrogen and oxygen atoms in total. The number of hydrogen-bond donors (Lipinski definition) is 1. The molecule has 1 aliphatic rings. The fraction of sp³-hybridized carbons (Fsp3) is 0.353. The summed E-state index contributed by atoms with van der Waals surface area (Å²) in [6.07, 6.45) is -0.959. The van der Waals surface area contributed by atoms with Gasteiger partial charge < -0.3 is 5.32 Å². The first-order valence-corrected chi connectivity index (χ1v) is 7.49. The highest BCUT2D eigenvalue weighted by Gasteiger charge is 2.29. The van der Waals surface area contributed by atoms with E-state index in [0.717, 1.165) is 30.0 Å². The number of alkyl halides is 2. The molecule has 0 saturated heterocycles. The standard InChI is InChI=1S/C17H17F2N3O/c1-9-3-6-12(7-10(9)2)20-17(23)14-8-13(15(18)19)21-16(22-14)11-4-5-11/h3,6-8,11,15H,4-5H2,1-2H3,(H,20,23). The van der Waals surface area contributed by atoms with Crippen LogP contribution >= 0.6 is 0 Å². The Labute approximate surface area is 133 Å². The van der Waals surface area contributed by atoms with E-state index in [0.29, 0.717) is 11.5 Å². The number of halogens is 2. The highest BCUT2D eigenvalue weighted by Crippen LogP contribution is 2.38. The minimum Gasteiger partial charge on any atom is -0.321 e. The number of nitrogens with one attached hydrogen (secondary N) is 1. The minimum atomic E-state index is -2.72. The molecule has 1 aromatic heterocycles. The Morgan fingerprint density at radius 2 is 1.91 bits per heavy atom. The maximum absolute atomic E-state index is 13.0. The van der Waals surface area contributed by atoms with Gasteiger partial charge >= 0.3 is 0 Å². The van der Waals surface area contributed by atoms with Crippen molar-refractivity contribution in [2.75, 3.05) is 5.32 Å². The van der Waals surface area contributed by atoms with Crippen molar-refractivity contribution in [3.8, 4) is 0 Å². The number of anilines is 1. The molecule has 120 valence electrons. The van der Waals surface area contributed by atoms with Gasteiger partial charge in [-0.2, -0.15) is 0 Å². The van der Waals surface area contributed by atoms with Crippen molar-refractivity contribution in [2.24, 2.45) is 0 Å².